The molecule has 0 fully saturated rings. The van der Waals surface area contributed by atoms with Gasteiger partial charge in [0.15, 0.2) is 11.6 Å². The van der Waals surface area contributed by atoms with Crippen LogP contribution < -0.4 is 0 Å². The molecule has 1 aromatic heterocycles. The Morgan fingerprint density at radius 3 is 2.76 bits per heavy atom. The first-order chi connectivity index (χ1) is 10.1. The SMILES string of the molecule is CCCOCCCn1c(C(C)Cl)nc2ccc(F)c(F)c21. The first-order valence-electron chi connectivity index (χ1n) is 7.12. The summed E-state index contributed by atoms with van der Waals surface area (Å²) in [4.78, 5) is 4.31. The van der Waals surface area contributed by atoms with E-state index < -0.39 is 11.6 Å². The van der Waals surface area contributed by atoms with E-state index in [1.807, 2.05) is 6.92 Å². The monoisotopic (exact) mass is 316 g/mol. The van der Waals surface area contributed by atoms with Crippen LogP contribution >= 0.6 is 11.6 Å². The standard InChI is InChI=1S/C15H19ClF2N2O/c1-3-8-21-9-4-7-20-14-12(19-15(20)10(2)16)6-5-11(17)13(14)18/h5-6,10H,3-4,7-9H2,1-2H3. The molecule has 0 saturated heterocycles. The van der Waals surface area contributed by atoms with Crippen molar-refractivity contribution >= 4 is 22.6 Å². The summed E-state index contributed by atoms with van der Waals surface area (Å²) >= 11 is 6.10. The number of aromatic nitrogens is 2. The zero-order valence-electron chi connectivity index (χ0n) is 12.2. The molecule has 116 valence electrons. The molecule has 21 heavy (non-hydrogen) atoms. The highest BCUT2D eigenvalue weighted by atomic mass is 35.5. The molecule has 6 heteroatoms. The Morgan fingerprint density at radius 2 is 2.10 bits per heavy atom. The van der Waals surface area contributed by atoms with Gasteiger partial charge in [0.1, 0.15) is 11.3 Å². The largest absolute Gasteiger partial charge is 0.381 e. The van der Waals surface area contributed by atoms with Crippen molar-refractivity contribution in [2.24, 2.45) is 0 Å². The van der Waals surface area contributed by atoms with Crippen LogP contribution in [-0.2, 0) is 11.3 Å². The Labute approximate surface area is 127 Å². The minimum atomic E-state index is -0.877. The van der Waals surface area contributed by atoms with Crippen LogP contribution in [0.25, 0.3) is 11.0 Å². The van der Waals surface area contributed by atoms with Crippen molar-refractivity contribution < 1.29 is 13.5 Å². The summed E-state index contributed by atoms with van der Waals surface area (Å²) in [6.07, 6.45) is 1.65. The molecular weight excluding hydrogens is 298 g/mol. The molecule has 1 unspecified atom stereocenters. The van der Waals surface area contributed by atoms with Gasteiger partial charge in [-0.25, -0.2) is 13.8 Å². The fourth-order valence-electron chi connectivity index (χ4n) is 2.28. The van der Waals surface area contributed by atoms with Crippen molar-refractivity contribution in [1.82, 2.24) is 9.55 Å². The Balaban J connectivity index is 2.30. The minimum absolute atomic E-state index is 0.174. The van der Waals surface area contributed by atoms with E-state index in [1.165, 1.54) is 6.07 Å². The van der Waals surface area contributed by atoms with Crippen molar-refractivity contribution in [3.05, 3.63) is 29.6 Å². The summed E-state index contributed by atoms with van der Waals surface area (Å²) in [5.74, 6) is -1.20. The van der Waals surface area contributed by atoms with E-state index in [0.717, 1.165) is 12.5 Å². The maximum absolute atomic E-state index is 14.1. The number of aryl methyl sites for hydroxylation is 1. The molecule has 0 amide bonds. The average molecular weight is 317 g/mol. The molecule has 0 bridgehead atoms. The van der Waals surface area contributed by atoms with Crippen molar-refractivity contribution in [2.75, 3.05) is 13.2 Å². The summed E-state index contributed by atoms with van der Waals surface area (Å²) in [6, 6.07) is 2.56. The number of hydrogen-bond donors (Lipinski definition) is 0. The van der Waals surface area contributed by atoms with Crippen LogP contribution in [0.3, 0.4) is 0 Å². The number of halogens is 3. The highest BCUT2D eigenvalue weighted by Crippen LogP contribution is 2.27. The van der Waals surface area contributed by atoms with E-state index >= 15 is 0 Å². The lowest BCUT2D eigenvalue weighted by Crippen LogP contribution is -2.08. The number of benzene rings is 1. The first kappa shape index (κ1) is 16.2. The highest BCUT2D eigenvalue weighted by molar-refractivity contribution is 6.20. The van der Waals surface area contributed by atoms with Gasteiger partial charge < -0.3 is 9.30 Å². The lowest BCUT2D eigenvalue weighted by molar-refractivity contribution is 0.129. The molecule has 2 aromatic rings. The predicted octanol–water partition coefficient (Wildman–Crippen LogP) is 4.43. The third kappa shape index (κ3) is 3.52. The molecule has 0 N–H and O–H groups in total. The summed E-state index contributed by atoms with van der Waals surface area (Å²) in [5, 5.41) is -0.378. The Morgan fingerprint density at radius 1 is 1.33 bits per heavy atom. The molecular formula is C15H19ClF2N2O. The van der Waals surface area contributed by atoms with Gasteiger partial charge in [-0.15, -0.1) is 11.6 Å². The van der Waals surface area contributed by atoms with Gasteiger partial charge in [-0.1, -0.05) is 6.92 Å². The fourth-order valence-corrected chi connectivity index (χ4v) is 2.44. The molecule has 0 spiro atoms. The minimum Gasteiger partial charge on any atom is -0.381 e. The predicted molar refractivity (Wildman–Crippen MR) is 79.6 cm³/mol. The Kier molecular flexibility index (Phi) is 5.53. The molecule has 0 saturated carbocycles. The zero-order chi connectivity index (χ0) is 15.4. The van der Waals surface area contributed by atoms with E-state index in [-0.39, 0.29) is 10.9 Å². The summed E-state index contributed by atoms with van der Waals surface area (Å²) in [7, 11) is 0. The van der Waals surface area contributed by atoms with Crippen LogP contribution in [0, 0.1) is 11.6 Å². The maximum Gasteiger partial charge on any atom is 0.184 e. The summed E-state index contributed by atoms with van der Waals surface area (Å²) < 4.78 is 34.6. The van der Waals surface area contributed by atoms with E-state index in [9.17, 15) is 8.78 Å². The van der Waals surface area contributed by atoms with E-state index in [2.05, 4.69) is 4.98 Å². The van der Waals surface area contributed by atoms with Gasteiger partial charge in [-0.3, -0.25) is 0 Å². The lowest BCUT2D eigenvalue weighted by Gasteiger charge is -2.11. The number of ether oxygens (including phenoxy) is 1. The molecule has 0 aliphatic heterocycles. The van der Waals surface area contributed by atoms with Crippen molar-refractivity contribution in [3.63, 3.8) is 0 Å². The van der Waals surface area contributed by atoms with Gasteiger partial charge in [-0.2, -0.15) is 0 Å². The van der Waals surface area contributed by atoms with Crippen LogP contribution in [0.2, 0.25) is 0 Å². The average Bonchev–Trinajstić information content (AvgIpc) is 2.82. The van der Waals surface area contributed by atoms with E-state index in [1.54, 1.807) is 11.5 Å². The van der Waals surface area contributed by atoms with Crippen molar-refractivity contribution in [2.45, 2.75) is 38.6 Å². The normalized spacial score (nSPS) is 13.0. The van der Waals surface area contributed by atoms with Crippen molar-refractivity contribution in [3.8, 4) is 0 Å². The molecule has 2 rings (SSSR count). The topological polar surface area (TPSA) is 27.1 Å². The zero-order valence-corrected chi connectivity index (χ0v) is 13.0. The van der Waals surface area contributed by atoms with Crippen LogP contribution in [0.1, 0.15) is 37.9 Å². The molecule has 0 aliphatic rings. The van der Waals surface area contributed by atoms with Gasteiger partial charge in [0.2, 0.25) is 0 Å². The lowest BCUT2D eigenvalue weighted by atomic mass is 10.3. The number of hydrogen-bond acceptors (Lipinski definition) is 2. The van der Waals surface area contributed by atoms with Gasteiger partial charge in [-0.05, 0) is 31.9 Å². The number of alkyl halides is 1. The number of rotatable bonds is 7. The summed E-state index contributed by atoms with van der Waals surface area (Å²) in [6.45, 7) is 5.57. The third-order valence-corrected chi connectivity index (χ3v) is 3.40. The number of fused-ring (bicyclic) bond motifs is 1. The van der Waals surface area contributed by atoms with Crippen LogP contribution in [-0.4, -0.2) is 22.8 Å². The number of imidazole rings is 1. The fraction of sp³-hybridized carbons (Fsp3) is 0.533. The van der Waals surface area contributed by atoms with Gasteiger partial charge in [0.05, 0.1) is 10.9 Å². The Bertz CT molecular complexity index is 613. The van der Waals surface area contributed by atoms with E-state index in [4.69, 9.17) is 16.3 Å². The smallest absolute Gasteiger partial charge is 0.184 e. The van der Waals surface area contributed by atoms with Crippen molar-refractivity contribution in [1.29, 1.82) is 0 Å². The Hall–Kier alpha value is -1.20. The summed E-state index contributed by atoms with van der Waals surface area (Å²) in [5.41, 5.74) is 0.596. The maximum atomic E-state index is 14.1. The highest BCUT2D eigenvalue weighted by Gasteiger charge is 2.19. The van der Waals surface area contributed by atoms with E-state index in [0.29, 0.717) is 37.5 Å². The molecule has 1 aromatic carbocycles. The molecule has 3 nitrogen and oxygen atoms in total. The van der Waals surface area contributed by atoms with Crippen LogP contribution in [0.15, 0.2) is 12.1 Å². The third-order valence-electron chi connectivity index (χ3n) is 3.20. The second-order valence-corrected chi connectivity index (χ2v) is 5.59. The quantitative estimate of drug-likeness (QED) is 0.558. The van der Waals surface area contributed by atoms with Gasteiger partial charge in [0.25, 0.3) is 0 Å². The van der Waals surface area contributed by atoms with Crippen LogP contribution in [0.5, 0.6) is 0 Å². The second kappa shape index (κ2) is 7.18. The number of nitrogens with zero attached hydrogens (tertiary/aromatic N) is 2. The molecule has 1 heterocycles. The molecule has 0 aliphatic carbocycles. The second-order valence-electron chi connectivity index (χ2n) is 4.93. The molecule has 0 radical (unpaired) electrons. The van der Waals surface area contributed by atoms with Crippen LogP contribution in [0.4, 0.5) is 8.78 Å². The first-order valence-corrected chi connectivity index (χ1v) is 7.55. The van der Waals surface area contributed by atoms with Gasteiger partial charge >= 0.3 is 0 Å². The molecule has 1 atom stereocenters. The van der Waals surface area contributed by atoms with Gasteiger partial charge in [0, 0.05) is 19.8 Å².